The molecule has 21 heavy (non-hydrogen) atoms. The van der Waals surface area contributed by atoms with Crippen LogP contribution in [0.4, 0.5) is 0 Å². The van der Waals surface area contributed by atoms with Gasteiger partial charge >= 0.3 is 5.97 Å². The van der Waals surface area contributed by atoms with Gasteiger partial charge in [0.1, 0.15) is 0 Å². The van der Waals surface area contributed by atoms with Crippen molar-refractivity contribution in [3.8, 4) is 0 Å². The molecule has 1 amide bonds. The number of rotatable bonds is 7. The fourth-order valence-electron chi connectivity index (χ4n) is 2.14. The van der Waals surface area contributed by atoms with Gasteiger partial charge in [0.05, 0.1) is 19.6 Å². The molecule has 0 spiro atoms. The fraction of sp³-hybridized carbons (Fsp3) is 0.571. The SMILES string of the molecule is O=C(O)Cc1ccc(CNCCC(=O)N2CCOCC2)s1. The Morgan fingerprint density at radius 3 is 2.71 bits per heavy atom. The molecule has 1 aliphatic rings. The lowest BCUT2D eigenvalue weighted by Gasteiger charge is -2.26. The summed E-state index contributed by atoms with van der Waals surface area (Å²) in [5, 5.41) is 11.9. The van der Waals surface area contributed by atoms with Gasteiger partial charge in [-0.2, -0.15) is 0 Å². The van der Waals surface area contributed by atoms with E-state index in [4.69, 9.17) is 9.84 Å². The molecule has 0 unspecified atom stereocenters. The van der Waals surface area contributed by atoms with Crippen molar-refractivity contribution in [1.82, 2.24) is 10.2 Å². The van der Waals surface area contributed by atoms with Gasteiger partial charge in [0, 0.05) is 42.4 Å². The fourth-order valence-corrected chi connectivity index (χ4v) is 3.12. The van der Waals surface area contributed by atoms with Crippen LogP contribution in [0.5, 0.6) is 0 Å². The molecule has 1 fully saturated rings. The standard InChI is InChI=1S/C14H20N2O4S/c17-13(16-5-7-20-8-6-16)3-4-15-10-12-2-1-11(21-12)9-14(18)19/h1-2,15H,3-10H2,(H,18,19). The van der Waals surface area contributed by atoms with Gasteiger partial charge in [-0.3, -0.25) is 9.59 Å². The first kappa shape index (κ1) is 15.9. The molecule has 0 saturated carbocycles. The number of amides is 1. The molecule has 2 rings (SSSR count). The van der Waals surface area contributed by atoms with Crippen LogP contribution in [-0.4, -0.2) is 54.7 Å². The quantitative estimate of drug-likeness (QED) is 0.725. The monoisotopic (exact) mass is 312 g/mol. The summed E-state index contributed by atoms with van der Waals surface area (Å²) in [4.78, 5) is 26.3. The van der Waals surface area contributed by atoms with Gasteiger partial charge in [-0.25, -0.2) is 0 Å². The zero-order valence-electron chi connectivity index (χ0n) is 11.8. The summed E-state index contributed by atoms with van der Waals surface area (Å²) in [5.74, 6) is -0.656. The van der Waals surface area contributed by atoms with E-state index >= 15 is 0 Å². The summed E-state index contributed by atoms with van der Waals surface area (Å²) in [7, 11) is 0. The number of morpholine rings is 1. The van der Waals surface area contributed by atoms with E-state index in [9.17, 15) is 9.59 Å². The first-order chi connectivity index (χ1) is 10.1. The number of nitrogens with one attached hydrogen (secondary N) is 1. The molecule has 7 heteroatoms. The molecule has 1 aliphatic heterocycles. The summed E-state index contributed by atoms with van der Waals surface area (Å²) >= 11 is 1.49. The molecule has 1 aromatic rings. The van der Waals surface area contributed by atoms with E-state index in [1.54, 1.807) is 0 Å². The van der Waals surface area contributed by atoms with Crippen LogP contribution in [0.1, 0.15) is 16.2 Å². The summed E-state index contributed by atoms with van der Waals surface area (Å²) in [6, 6.07) is 3.77. The average molecular weight is 312 g/mol. The summed E-state index contributed by atoms with van der Waals surface area (Å²) in [6.07, 6.45) is 0.549. The zero-order chi connectivity index (χ0) is 15.1. The molecular weight excluding hydrogens is 292 g/mol. The van der Waals surface area contributed by atoms with Crippen LogP contribution in [0.25, 0.3) is 0 Å². The topological polar surface area (TPSA) is 78.9 Å². The molecule has 116 valence electrons. The molecule has 2 N–H and O–H groups in total. The third-order valence-electron chi connectivity index (χ3n) is 3.22. The van der Waals surface area contributed by atoms with Crippen LogP contribution in [0.3, 0.4) is 0 Å². The van der Waals surface area contributed by atoms with E-state index in [1.165, 1.54) is 11.3 Å². The van der Waals surface area contributed by atoms with E-state index in [1.807, 2.05) is 17.0 Å². The summed E-state index contributed by atoms with van der Waals surface area (Å²) in [5.41, 5.74) is 0. The maximum atomic E-state index is 11.9. The molecule has 1 saturated heterocycles. The number of hydrogen-bond acceptors (Lipinski definition) is 5. The summed E-state index contributed by atoms with van der Waals surface area (Å²) < 4.78 is 5.21. The molecule has 2 heterocycles. The van der Waals surface area contributed by atoms with Crippen LogP contribution >= 0.6 is 11.3 Å². The molecule has 1 aromatic heterocycles. The van der Waals surface area contributed by atoms with E-state index in [0.717, 1.165) is 9.75 Å². The Hall–Kier alpha value is -1.44. The Morgan fingerprint density at radius 2 is 2.00 bits per heavy atom. The predicted octanol–water partition coefficient (Wildman–Crippen LogP) is 0.714. The molecular formula is C14H20N2O4S. The second-order valence-electron chi connectivity index (χ2n) is 4.86. The number of carboxylic acids is 1. The maximum absolute atomic E-state index is 11.9. The highest BCUT2D eigenvalue weighted by Crippen LogP contribution is 2.16. The van der Waals surface area contributed by atoms with Gasteiger partial charge < -0.3 is 20.1 Å². The third kappa shape index (κ3) is 5.45. The lowest BCUT2D eigenvalue weighted by Crippen LogP contribution is -2.41. The number of hydrogen-bond donors (Lipinski definition) is 2. The van der Waals surface area contributed by atoms with E-state index in [-0.39, 0.29) is 12.3 Å². The van der Waals surface area contributed by atoms with Gasteiger partial charge in [-0.05, 0) is 12.1 Å². The maximum Gasteiger partial charge on any atom is 0.308 e. The normalized spacial score (nSPS) is 15.1. The first-order valence-electron chi connectivity index (χ1n) is 7.01. The third-order valence-corrected chi connectivity index (χ3v) is 4.31. The van der Waals surface area contributed by atoms with E-state index < -0.39 is 5.97 Å². The van der Waals surface area contributed by atoms with Crippen molar-refractivity contribution in [2.24, 2.45) is 0 Å². The Kier molecular flexibility index (Phi) is 6.16. The van der Waals surface area contributed by atoms with Gasteiger partial charge in [0.25, 0.3) is 0 Å². The Labute approximate surface area is 127 Å². The molecule has 0 radical (unpaired) electrons. The van der Waals surface area contributed by atoms with Crippen LogP contribution in [0.15, 0.2) is 12.1 Å². The Bertz CT molecular complexity index is 483. The van der Waals surface area contributed by atoms with Crippen molar-refractivity contribution in [3.05, 3.63) is 21.9 Å². The van der Waals surface area contributed by atoms with Crippen molar-refractivity contribution in [2.45, 2.75) is 19.4 Å². The number of ether oxygens (including phenoxy) is 1. The van der Waals surface area contributed by atoms with Crippen molar-refractivity contribution in [2.75, 3.05) is 32.8 Å². The second kappa shape index (κ2) is 8.11. The van der Waals surface area contributed by atoms with Crippen LogP contribution in [-0.2, 0) is 27.3 Å². The Balaban J connectivity index is 1.63. The summed E-state index contributed by atoms with van der Waals surface area (Å²) in [6.45, 7) is 3.91. The van der Waals surface area contributed by atoms with Crippen molar-refractivity contribution in [3.63, 3.8) is 0 Å². The van der Waals surface area contributed by atoms with Crippen molar-refractivity contribution >= 4 is 23.2 Å². The molecule has 0 aromatic carbocycles. The number of carboxylic acid groups (broad SMARTS) is 1. The van der Waals surface area contributed by atoms with Gasteiger partial charge in [-0.1, -0.05) is 0 Å². The van der Waals surface area contributed by atoms with Crippen LogP contribution in [0, 0.1) is 0 Å². The molecule has 6 nitrogen and oxygen atoms in total. The lowest BCUT2D eigenvalue weighted by molar-refractivity contribution is -0.136. The highest BCUT2D eigenvalue weighted by Gasteiger charge is 2.15. The predicted molar refractivity (Wildman–Crippen MR) is 79.4 cm³/mol. The van der Waals surface area contributed by atoms with Crippen LogP contribution in [0.2, 0.25) is 0 Å². The minimum Gasteiger partial charge on any atom is -0.481 e. The van der Waals surface area contributed by atoms with E-state index in [2.05, 4.69) is 5.32 Å². The van der Waals surface area contributed by atoms with Gasteiger partial charge in [-0.15, -0.1) is 11.3 Å². The minimum absolute atomic E-state index is 0.0696. The molecule has 0 bridgehead atoms. The van der Waals surface area contributed by atoms with Gasteiger partial charge in [0.15, 0.2) is 0 Å². The number of nitrogens with zero attached hydrogens (tertiary/aromatic N) is 1. The number of carbonyl (C=O) groups excluding carboxylic acids is 1. The Morgan fingerprint density at radius 1 is 1.29 bits per heavy atom. The average Bonchev–Trinajstić information content (AvgIpc) is 2.91. The first-order valence-corrected chi connectivity index (χ1v) is 7.82. The number of carbonyl (C=O) groups is 2. The van der Waals surface area contributed by atoms with E-state index in [0.29, 0.717) is 45.8 Å². The number of aliphatic carboxylic acids is 1. The second-order valence-corrected chi connectivity index (χ2v) is 6.11. The largest absolute Gasteiger partial charge is 0.481 e. The van der Waals surface area contributed by atoms with Crippen molar-refractivity contribution < 1.29 is 19.4 Å². The minimum atomic E-state index is -0.813. The zero-order valence-corrected chi connectivity index (χ0v) is 12.7. The van der Waals surface area contributed by atoms with Gasteiger partial charge in [0.2, 0.25) is 5.91 Å². The lowest BCUT2D eigenvalue weighted by atomic mass is 10.3. The smallest absolute Gasteiger partial charge is 0.308 e. The highest BCUT2D eigenvalue weighted by molar-refractivity contribution is 7.12. The number of thiophene rings is 1. The highest BCUT2D eigenvalue weighted by atomic mass is 32.1. The van der Waals surface area contributed by atoms with Crippen molar-refractivity contribution in [1.29, 1.82) is 0 Å². The molecule has 0 aliphatic carbocycles. The molecule has 0 atom stereocenters. The van der Waals surface area contributed by atoms with Crippen LogP contribution < -0.4 is 5.32 Å².